The van der Waals surface area contributed by atoms with Gasteiger partial charge in [-0.25, -0.2) is 0 Å². The van der Waals surface area contributed by atoms with E-state index in [1.807, 2.05) is 26.0 Å². The number of nitrogens with zero attached hydrogens (tertiary/aromatic N) is 2. The minimum atomic E-state index is 0.0952. The smallest absolute Gasteiger partial charge is 0.279 e. The molecule has 1 aromatic rings. The van der Waals surface area contributed by atoms with Gasteiger partial charge in [0.25, 0.3) is 5.24 Å². The summed E-state index contributed by atoms with van der Waals surface area (Å²) in [5, 5.41) is 3.80. The number of carbonyl (C=O) groups is 1. The second-order valence-electron chi connectivity index (χ2n) is 6.53. The van der Waals surface area contributed by atoms with Crippen LogP contribution in [0.2, 0.25) is 5.02 Å². The number of hydrogen-bond donors (Lipinski definition) is 1. The maximum atomic E-state index is 11.6. The number of thioether (sulfide) groups is 1. The van der Waals surface area contributed by atoms with Crippen LogP contribution < -0.4 is 5.32 Å². The lowest BCUT2D eigenvalue weighted by Gasteiger charge is -2.34. The van der Waals surface area contributed by atoms with Crippen molar-refractivity contribution in [2.24, 2.45) is 0 Å². The lowest BCUT2D eigenvalue weighted by molar-refractivity contribution is 0.127. The van der Waals surface area contributed by atoms with E-state index in [-0.39, 0.29) is 11.3 Å². The molecule has 0 atom stereocenters. The number of carbonyl (C=O) groups excluding carboxylic acids is 1. The minimum Gasteiger partial charge on any atom is -0.345 e. The Hall–Kier alpha value is -0.750. The van der Waals surface area contributed by atoms with Crippen molar-refractivity contribution in [1.29, 1.82) is 0 Å². The normalized spacial score (nSPS) is 16.5. The van der Waals surface area contributed by atoms with Crippen LogP contribution in [0.1, 0.15) is 25.8 Å². The number of hydrogen-bond acceptors (Lipinski definition) is 4. The summed E-state index contributed by atoms with van der Waals surface area (Å²) in [5.74, 6) is 0.892. The molecule has 4 nitrogen and oxygen atoms in total. The van der Waals surface area contributed by atoms with Gasteiger partial charge in [-0.05, 0) is 44.5 Å². The molecule has 1 aliphatic rings. The molecule has 1 fully saturated rings. The molecule has 1 N–H and O–H groups in total. The molecule has 134 valence electrons. The average Bonchev–Trinajstić information content (AvgIpc) is 2.54. The zero-order valence-electron chi connectivity index (χ0n) is 14.6. The number of piperazine rings is 1. The fourth-order valence-electron chi connectivity index (χ4n) is 2.75. The van der Waals surface area contributed by atoms with E-state index in [2.05, 4.69) is 27.2 Å². The first-order valence-corrected chi connectivity index (χ1v) is 10.0. The molecule has 0 aliphatic carbocycles. The van der Waals surface area contributed by atoms with E-state index in [0.717, 1.165) is 56.5 Å². The molecule has 0 radical (unpaired) electrons. The summed E-state index contributed by atoms with van der Waals surface area (Å²) in [6.45, 7) is 10.5. The average molecular weight is 370 g/mol. The highest BCUT2D eigenvalue weighted by atomic mass is 35.5. The van der Waals surface area contributed by atoms with E-state index in [1.54, 1.807) is 0 Å². The standard InChI is InChI=1S/C18H28ClN3OS/c1-15(2)20-18(23)24-13-3-8-21-9-11-22(12-10-21)14-16-4-6-17(19)7-5-16/h4-7,15H,3,8-14H2,1-2H3,(H,20,23). The third-order valence-electron chi connectivity index (χ3n) is 4.04. The molecule has 0 aromatic heterocycles. The lowest BCUT2D eigenvalue weighted by atomic mass is 10.2. The molecule has 6 heteroatoms. The maximum absolute atomic E-state index is 11.6. The first-order valence-electron chi connectivity index (χ1n) is 8.65. The van der Waals surface area contributed by atoms with Crippen LogP contribution in [0.25, 0.3) is 0 Å². The van der Waals surface area contributed by atoms with Gasteiger partial charge in [-0.1, -0.05) is 35.5 Å². The summed E-state index contributed by atoms with van der Waals surface area (Å²) in [6, 6.07) is 8.35. The lowest BCUT2D eigenvalue weighted by Crippen LogP contribution is -2.46. The van der Waals surface area contributed by atoms with Gasteiger partial charge in [-0.2, -0.15) is 0 Å². The predicted octanol–water partition coefficient (Wildman–Crippen LogP) is 3.70. The third-order valence-corrected chi connectivity index (χ3v) is 5.17. The fraction of sp³-hybridized carbons (Fsp3) is 0.611. The topological polar surface area (TPSA) is 35.6 Å². The highest BCUT2D eigenvalue weighted by molar-refractivity contribution is 8.13. The molecular weight excluding hydrogens is 342 g/mol. The van der Waals surface area contributed by atoms with Crippen molar-refractivity contribution in [2.45, 2.75) is 32.9 Å². The van der Waals surface area contributed by atoms with E-state index >= 15 is 0 Å². The molecule has 0 bridgehead atoms. The fourth-order valence-corrected chi connectivity index (χ4v) is 3.65. The maximum Gasteiger partial charge on any atom is 0.279 e. The third kappa shape index (κ3) is 7.43. The second kappa shape index (κ2) is 10.3. The van der Waals surface area contributed by atoms with E-state index in [0.29, 0.717) is 0 Å². The Labute approximate surface area is 154 Å². The molecule has 0 spiro atoms. The highest BCUT2D eigenvalue weighted by Crippen LogP contribution is 2.13. The van der Waals surface area contributed by atoms with Gasteiger partial charge in [-0.15, -0.1) is 0 Å². The van der Waals surface area contributed by atoms with Crippen LogP contribution in [0.15, 0.2) is 24.3 Å². The van der Waals surface area contributed by atoms with Crippen molar-refractivity contribution in [3.8, 4) is 0 Å². The second-order valence-corrected chi connectivity index (χ2v) is 8.04. The van der Waals surface area contributed by atoms with Gasteiger partial charge in [0.05, 0.1) is 0 Å². The largest absolute Gasteiger partial charge is 0.345 e. The van der Waals surface area contributed by atoms with Crippen LogP contribution in [-0.2, 0) is 6.54 Å². The summed E-state index contributed by atoms with van der Waals surface area (Å²) in [7, 11) is 0. The Kier molecular flexibility index (Phi) is 8.39. The van der Waals surface area contributed by atoms with E-state index in [9.17, 15) is 4.79 Å². The number of rotatable bonds is 7. The summed E-state index contributed by atoms with van der Waals surface area (Å²) in [4.78, 5) is 16.6. The number of amides is 1. The van der Waals surface area contributed by atoms with Crippen molar-refractivity contribution in [3.05, 3.63) is 34.9 Å². The van der Waals surface area contributed by atoms with Gasteiger partial charge in [0.1, 0.15) is 0 Å². The van der Waals surface area contributed by atoms with Gasteiger partial charge in [0.15, 0.2) is 0 Å². The van der Waals surface area contributed by atoms with Crippen LogP contribution in [0.3, 0.4) is 0 Å². The Morgan fingerprint density at radius 1 is 1.17 bits per heavy atom. The SMILES string of the molecule is CC(C)NC(=O)SCCCN1CCN(Cc2ccc(Cl)cc2)CC1. The van der Waals surface area contributed by atoms with Crippen LogP contribution in [0, 0.1) is 0 Å². The van der Waals surface area contributed by atoms with Crippen molar-refractivity contribution in [1.82, 2.24) is 15.1 Å². The van der Waals surface area contributed by atoms with Crippen LogP contribution >= 0.6 is 23.4 Å². The number of benzene rings is 1. The minimum absolute atomic E-state index is 0.0952. The molecule has 0 unspecified atom stereocenters. The summed E-state index contributed by atoms with van der Waals surface area (Å²) in [5.41, 5.74) is 1.32. The zero-order chi connectivity index (χ0) is 17.4. The zero-order valence-corrected chi connectivity index (χ0v) is 16.2. The Morgan fingerprint density at radius 3 is 2.42 bits per heavy atom. The molecule has 0 saturated carbocycles. The van der Waals surface area contributed by atoms with Gasteiger partial charge >= 0.3 is 0 Å². The van der Waals surface area contributed by atoms with Gasteiger partial charge in [0, 0.05) is 49.5 Å². The number of halogens is 1. The molecule has 1 aromatic carbocycles. The Bertz CT molecular complexity index is 501. The molecule has 24 heavy (non-hydrogen) atoms. The van der Waals surface area contributed by atoms with Crippen LogP contribution in [0.5, 0.6) is 0 Å². The van der Waals surface area contributed by atoms with Crippen molar-refractivity contribution in [3.63, 3.8) is 0 Å². The molecule has 2 rings (SSSR count). The molecule has 1 saturated heterocycles. The monoisotopic (exact) mass is 369 g/mol. The van der Waals surface area contributed by atoms with E-state index < -0.39 is 0 Å². The molecular formula is C18H28ClN3OS. The van der Waals surface area contributed by atoms with Gasteiger partial charge in [-0.3, -0.25) is 9.69 Å². The van der Waals surface area contributed by atoms with E-state index in [1.165, 1.54) is 17.3 Å². The van der Waals surface area contributed by atoms with Gasteiger partial charge in [0.2, 0.25) is 0 Å². The van der Waals surface area contributed by atoms with E-state index in [4.69, 9.17) is 11.6 Å². The predicted molar refractivity (Wildman–Crippen MR) is 104 cm³/mol. The Balaban J connectivity index is 1.57. The Morgan fingerprint density at radius 2 is 1.79 bits per heavy atom. The van der Waals surface area contributed by atoms with Gasteiger partial charge < -0.3 is 10.2 Å². The van der Waals surface area contributed by atoms with Crippen molar-refractivity contribution < 1.29 is 4.79 Å². The molecule has 1 aliphatic heterocycles. The first-order chi connectivity index (χ1) is 11.5. The number of nitrogens with one attached hydrogen (secondary N) is 1. The molecule has 1 heterocycles. The molecule has 1 amide bonds. The quantitative estimate of drug-likeness (QED) is 0.743. The summed E-state index contributed by atoms with van der Waals surface area (Å²) >= 11 is 7.33. The van der Waals surface area contributed by atoms with Crippen LogP contribution in [-0.4, -0.2) is 59.6 Å². The summed E-state index contributed by atoms with van der Waals surface area (Å²) in [6.07, 6.45) is 1.06. The first kappa shape index (κ1) is 19.6. The van der Waals surface area contributed by atoms with Crippen molar-refractivity contribution >= 4 is 28.6 Å². The highest BCUT2D eigenvalue weighted by Gasteiger charge is 2.16. The van der Waals surface area contributed by atoms with Crippen molar-refractivity contribution in [2.75, 3.05) is 38.5 Å². The summed E-state index contributed by atoms with van der Waals surface area (Å²) < 4.78 is 0. The van der Waals surface area contributed by atoms with Crippen LogP contribution in [0.4, 0.5) is 4.79 Å².